The molecule has 0 bridgehead atoms. The van der Waals surface area contributed by atoms with Gasteiger partial charge in [-0.2, -0.15) is 0 Å². The molecular weight excluding hydrogens is 552 g/mol. The Bertz CT molecular complexity index is 1710. The Morgan fingerprint density at radius 2 is 0.864 bits per heavy atom. The van der Waals surface area contributed by atoms with Crippen LogP contribution in [0.5, 0.6) is 34.5 Å². The van der Waals surface area contributed by atoms with Gasteiger partial charge in [-0.1, -0.05) is 54.6 Å². The van der Waals surface area contributed by atoms with Gasteiger partial charge in [-0.15, -0.1) is 0 Å². The van der Waals surface area contributed by atoms with Crippen molar-refractivity contribution < 1.29 is 28.4 Å². The zero-order chi connectivity index (χ0) is 31.1. The summed E-state index contributed by atoms with van der Waals surface area (Å²) in [5.74, 6) is 4.47. The molecule has 0 spiro atoms. The summed E-state index contributed by atoms with van der Waals surface area (Å²) in [5, 5.41) is 0. The molecule has 226 valence electrons. The van der Waals surface area contributed by atoms with Gasteiger partial charge in [0.05, 0.1) is 42.7 Å². The quantitative estimate of drug-likeness (QED) is 0.146. The van der Waals surface area contributed by atoms with E-state index in [0.717, 1.165) is 57.7 Å². The number of ether oxygens (including phenoxy) is 6. The molecule has 0 amide bonds. The molecule has 0 N–H and O–H groups in total. The Morgan fingerprint density at radius 3 is 1.45 bits per heavy atom. The summed E-state index contributed by atoms with van der Waals surface area (Å²) in [6.07, 6.45) is 1.45. The minimum Gasteiger partial charge on any atom is -0.497 e. The molecule has 5 aromatic rings. The van der Waals surface area contributed by atoms with Gasteiger partial charge in [-0.3, -0.25) is 0 Å². The number of hydrogen-bond donors (Lipinski definition) is 0. The highest BCUT2D eigenvalue weighted by Gasteiger charge is 2.15. The van der Waals surface area contributed by atoms with Crippen molar-refractivity contribution in [2.24, 2.45) is 0 Å². The first kappa shape index (κ1) is 30.4. The fourth-order valence-corrected chi connectivity index (χ4v) is 5.43. The van der Waals surface area contributed by atoms with Crippen LogP contribution < -0.4 is 28.4 Å². The van der Waals surface area contributed by atoms with Gasteiger partial charge >= 0.3 is 0 Å². The molecule has 6 nitrogen and oxygen atoms in total. The van der Waals surface area contributed by atoms with Gasteiger partial charge in [0, 0.05) is 12.0 Å². The van der Waals surface area contributed by atoms with Crippen LogP contribution >= 0.6 is 0 Å². The lowest BCUT2D eigenvalue weighted by Gasteiger charge is -2.16. The van der Waals surface area contributed by atoms with Crippen LogP contribution in [-0.2, 0) is 12.8 Å². The van der Waals surface area contributed by atoms with E-state index in [1.54, 1.807) is 42.7 Å². The van der Waals surface area contributed by atoms with E-state index in [-0.39, 0.29) is 0 Å². The summed E-state index contributed by atoms with van der Waals surface area (Å²) < 4.78 is 33.3. The van der Waals surface area contributed by atoms with Crippen molar-refractivity contribution in [2.75, 3.05) is 42.7 Å². The van der Waals surface area contributed by atoms with Crippen molar-refractivity contribution in [1.82, 2.24) is 0 Å². The summed E-state index contributed by atoms with van der Waals surface area (Å²) in [6.45, 7) is 0. The number of methoxy groups -OCH3 is 6. The minimum absolute atomic E-state index is 0.695. The predicted octanol–water partition coefficient (Wildman–Crippen LogP) is 8.25. The van der Waals surface area contributed by atoms with Crippen molar-refractivity contribution in [2.45, 2.75) is 12.8 Å². The highest BCUT2D eigenvalue weighted by atomic mass is 16.5. The fraction of sp³-hybridized carbons (Fsp3) is 0.211. The second kappa shape index (κ2) is 13.9. The van der Waals surface area contributed by atoms with Gasteiger partial charge in [-0.25, -0.2) is 0 Å². The fourth-order valence-electron chi connectivity index (χ4n) is 5.43. The first-order valence-corrected chi connectivity index (χ1v) is 14.4. The Morgan fingerprint density at radius 1 is 0.364 bits per heavy atom. The van der Waals surface area contributed by atoms with E-state index in [9.17, 15) is 0 Å². The smallest absolute Gasteiger partial charge is 0.161 e. The molecule has 5 rings (SSSR count). The predicted molar refractivity (Wildman–Crippen MR) is 175 cm³/mol. The molecule has 0 atom stereocenters. The summed E-state index contributed by atoms with van der Waals surface area (Å²) in [6, 6.07) is 33.2. The van der Waals surface area contributed by atoms with E-state index >= 15 is 0 Å². The number of rotatable bonds is 12. The van der Waals surface area contributed by atoms with Gasteiger partial charge in [-0.05, 0) is 87.8 Å². The second-order valence-corrected chi connectivity index (χ2v) is 10.4. The third-order valence-corrected chi connectivity index (χ3v) is 7.82. The lowest BCUT2D eigenvalue weighted by atomic mass is 9.92. The summed E-state index contributed by atoms with van der Waals surface area (Å²) in [5.41, 5.74) is 8.93. The maximum absolute atomic E-state index is 5.68. The average molecular weight is 591 g/mol. The molecule has 0 aliphatic carbocycles. The monoisotopic (exact) mass is 590 g/mol. The molecule has 0 radical (unpaired) electrons. The molecule has 6 heteroatoms. The molecule has 0 aliphatic heterocycles. The Labute approximate surface area is 259 Å². The Balaban J connectivity index is 1.43. The van der Waals surface area contributed by atoms with Gasteiger partial charge in [0.2, 0.25) is 0 Å². The van der Waals surface area contributed by atoms with Crippen LogP contribution in [0.15, 0.2) is 97.1 Å². The van der Waals surface area contributed by atoms with E-state index in [1.165, 1.54) is 11.1 Å². The van der Waals surface area contributed by atoms with Crippen LogP contribution in [0.2, 0.25) is 0 Å². The summed E-state index contributed by atoms with van der Waals surface area (Å²) >= 11 is 0. The van der Waals surface area contributed by atoms with E-state index in [4.69, 9.17) is 28.4 Å². The molecule has 0 heterocycles. The lowest BCUT2D eigenvalue weighted by Crippen LogP contribution is -1.98. The molecule has 44 heavy (non-hydrogen) atoms. The van der Waals surface area contributed by atoms with Crippen LogP contribution in [0, 0.1) is 0 Å². The van der Waals surface area contributed by atoms with Gasteiger partial charge in [0.25, 0.3) is 0 Å². The Hall–Kier alpha value is -5.10. The van der Waals surface area contributed by atoms with Crippen LogP contribution in [-0.4, -0.2) is 42.7 Å². The van der Waals surface area contributed by atoms with Crippen molar-refractivity contribution in [3.63, 3.8) is 0 Å². The first-order chi connectivity index (χ1) is 21.5. The molecule has 0 fully saturated rings. The highest BCUT2D eigenvalue weighted by Crippen LogP contribution is 2.38. The van der Waals surface area contributed by atoms with E-state index < -0.39 is 0 Å². The van der Waals surface area contributed by atoms with Crippen LogP contribution in [0.25, 0.3) is 22.3 Å². The number of hydrogen-bond acceptors (Lipinski definition) is 6. The largest absolute Gasteiger partial charge is 0.497 e. The number of benzene rings is 5. The molecule has 0 unspecified atom stereocenters. The zero-order valence-electron chi connectivity index (χ0n) is 26.1. The SMILES string of the molecule is COc1ccc(OC)c(Cc2ccc(-c3cc(OC)c(OC)cc3Cc3ccc(-c4ccc(OC)c(OC)c4)cc3)cc2)c1. The molecule has 0 saturated heterocycles. The van der Waals surface area contributed by atoms with E-state index in [0.29, 0.717) is 23.0 Å². The molecule has 0 aromatic heterocycles. The maximum Gasteiger partial charge on any atom is 0.161 e. The minimum atomic E-state index is 0.695. The lowest BCUT2D eigenvalue weighted by molar-refractivity contribution is 0.355. The van der Waals surface area contributed by atoms with Crippen LogP contribution in [0.3, 0.4) is 0 Å². The second-order valence-electron chi connectivity index (χ2n) is 10.4. The summed E-state index contributed by atoms with van der Waals surface area (Å²) in [7, 11) is 9.99. The van der Waals surface area contributed by atoms with Crippen LogP contribution in [0.1, 0.15) is 22.3 Å². The molecule has 0 saturated carbocycles. The van der Waals surface area contributed by atoms with E-state index in [2.05, 4.69) is 60.7 Å². The standard InChI is InChI=1S/C38H38O6/c1-39-32-16-18-34(40-2)31(21-32)20-26-9-13-28(14-10-26)33-24-38(44-6)37(43-5)23-30(33)19-25-7-11-27(12-8-25)29-15-17-35(41-3)36(22-29)42-4/h7-18,21-24H,19-20H2,1-6H3. The highest BCUT2D eigenvalue weighted by molar-refractivity contribution is 5.73. The molecule has 0 aliphatic rings. The average Bonchev–Trinajstić information content (AvgIpc) is 3.08. The van der Waals surface area contributed by atoms with Gasteiger partial charge < -0.3 is 28.4 Å². The Kier molecular flexibility index (Phi) is 9.60. The summed E-state index contributed by atoms with van der Waals surface area (Å²) in [4.78, 5) is 0. The molecular formula is C38H38O6. The van der Waals surface area contributed by atoms with Crippen LogP contribution in [0.4, 0.5) is 0 Å². The van der Waals surface area contributed by atoms with Crippen molar-refractivity contribution >= 4 is 0 Å². The van der Waals surface area contributed by atoms with Crippen molar-refractivity contribution in [3.05, 3.63) is 119 Å². The third kappa shape index (κ3) is 6.60. The maximum atomic E-state index is 5.68. The van der Waals surface area contributed by atoms with Crippen molar-refractivity contribution in [1.29, 1.82) is 0 Å². The van der Waals surface area contributed by atoms with Crippen molar-refractivity contribution in [3.8, 4) is 56.8 Å². The zero-order valence-corrected chi connectivity index (χ0v) is 26.1. The molecule has 5 aromatic carbocycles. The third-order valence-electron chi connectivity index (χ3n) is 7.82. The van der Waals surface area contributed by atoms with Gasteiger partial charge in [0.15, 0.2) is 23.0 Å². The van der Waals surface area contributed by atoms with Gasteiger partial charge in [0.1, 0.15) is 11.5 Å². The first-order valence-electron chi connectivity index (χ1n) is 14.4. The topological polar surface area (TPSA) is 55.4 Å². The van der Waals surface area contributed by atoms with E-state index in [1.807, 2.05) is 36.4 Å². The normalized spacial score (nSPS) is 10.7.